The van der Waals surface area contributed by atoms with Crippen molar-refractivity contribution in [1.29, 1.82) is 0 Å². The monoisotopic (exact) mass is 277 g/mol. The average molecular weight is 277 g/mol. The van der Waals surface area contributed by atoms with E-state index in [1.54, 1.807) is 24.7 Å². The number of nitrogens with zero attached hydrogens (tertiary/aromatic N) is 3. The highest BCUT2D eigenvalue weighted by Gasteiger charge is 2.10. The van der Waals surface area contributed by atoms with Crippen LogP contribution in [0.4, 0.5) is 0 Å². The Morgan fingerprint density at radius 1 is 1.37 bits per heavy atom. The summed E-state index contributed by atoms with van der Waals surface area (Å²) in [7, 11) is 3.40. The van der Waals surface area contributed by atoms with E-state index in [-0.39, 0.29) is 5.97 Å². The molecule has 19 heavy (non-hydrogen) atoms. The SMILES string of the molecule is COC(=O)c1ccc(CN(C)Cc2cnccn2)s1. The number of methoxy groups -OCH3 is 1. The van der Waals surface area contributed by atoms with Crippen LogP contribution in [0.2, 0.25) is 0 Å². The van der Waals surface area contributed by atoms with E-state index < -0.39 is 0 Å². The molecule has 0 fully saturated rings. The Labute approximate surface area is 115 Å². The van der Waals surface area contributed by atoms with E-state index in [1.807, 2.05) is 13.1 Å². The van der Waals surface area contributed by atoms with Crippen molar-refractivity contribution in [3.63, 3.8) is 0 Å². The molecular weight excluding hydrogens is 262 g/mol. The number of hydrogen-bond acceptors (Lipinski definition) is 6. The summed E-state index contributed by atoms with van der Waals surface area (Å²) in [5, 5.41) is 0. The summed E-state index contributed by atoms with van der Waals surface area (Å²) in [4.78, 5) is 23.5. The average Bonchev–Trinajstić information content (AvgIpc) is 2.87. The molecule has 0 radical (unpaired) electrons. The van der Waals surface area contributed by atoms with Crippen molar-refractivity contribution in [3.8, 4) is 0 Å². The smallest absolute Gasteiger partial charge is 0.348 e. The molecule has 0 amide bonds. The van der Waals surface area contributed by atoms with E-state index in [1.165, 1.54) is 18.4 Å². The fraction of sp³-hybridized carbons (Fsp3) is 0.308. The van der Waals surface area contributed by atoms with Crippen LogP contribution in [0.5, 0.6) is 0 Å². The first-order valence-corrected chi connectivity index (χ1v) is 6.61. The van der Waals surface area contributed by atoms with Crippen molar-refractivity contribution in [1.82, 2.24) is 14.9 Å². The molecular formula is C13H15N3O2S. The van der Waals surface area contributed by atoms with Gasteiger partial charge in [0.15, 0.2) is 0 Å². The van der Waals surface area contributed by atoms with Gasteiger partial charge in [0.1, 0.15) is 4.88 Å². The second kappa shape index (κ2) is 6.40. The molecule has 0 aliphatic rings. The maximum atomic E-state index is 11.4. The molecule has 0 atom stereocenters. The minimum absolute atomic E-state index is 0.284. The Bertz CT molecular complexity index is 542. The Hall–Kier alpha value is -1.79. The van der Waals surface area contributed by atoms with E-state index in [4.69, 9.17) is 0 Å². The topological polar surface area (TPSA) is 55.3 Å². The van der Waals surface area contributed by atoms with Crippen LogP contribution >= 0.6 is 11.3 Å². The van der Waals surface area contributed by atoms with Gasteiger partial charge in [-0.25, -0.2) is 4.79 Å². The number of hydrogen-bond donors (Lipinski definition) is 0. The lowest BCUT2D eigenvalue weighted by atomic mass is 10.3. The highest BCUT2D eigenvalue weighted by molar-refractivity contribution is 7.13. The summed E-state index contributed by atoms with van der Waals surface area (Å²) >= 11 is 1.45. The van der Waals surface area contributed by atoms with Gasteiger partial charge in [-0.05, 0) is 19.2 Å². The lowest BCUT2D eigenvalue weighted by Crippen LogP contribution is -2.17. The van der Waals surface area contributed by atoms with Gasteiger partial charge in [-0.3, -0.25) is 14.9 Å². The highest BCUT2D eigenvalue weighted by Crippen LogP contribution is 2.19. The summed E-state index contributed by atoms with van der Waals surface area (Å²) in [5.74, 6) is -0.284. The second-order valence-electron chi connectivity index (χ2n) is 4.13. The van der Waals surface area contributed by atoms with Crippen molar-refractivity contribution in [2.45, 2.75) is 13.1 Å². The lowest BCUT2D eigenvalue weighted by Gasteiger charge is -2.14. The summed E-state index contributed by atoms with van der Waals surface area (Å²) < 4.78 is 4.69. The molecule has 2 aromatic rings. The van der Waals surface area contributed by atoms with Crippen molar-refractivity contribution in [3.05, 3.63) is 46.2 Å². The Morgan fingerprint density at radius 3 is 2.89 bits per heavy atom. The molecule has 0 saturated carbocycles. The maximum absolute atomic E-state index is 11.4. The molecule has 5 nitrogen and oxygen atoms in total. The van der Waals surface area contributed by atoms with Crippen LogP contribution in [-0.2, 0) is 17.8 Å². The molecule has 100 valence electrons. The molecule has 2 rings (SSSR count). The van der Waals surface area contributed by atoms with Crippen LogP contribution < -0.4 is 0 Å². The van der Waals surface area contributed by atoms with Gasteiger partial charge in [-0.1, -0.05) is 0 Å². The molecule has 0 N–H and O–H groups in total. The summed E-state index contributed by atoms with van der Waals surface area (Å²) in [6, 6.07) is 3.74. The maximum Gasteiger partial charge on any atom is 0.348 e. The quantitative estimate of drug-likeness (QED) is 0.782. The first-order valence-electron chi connectivity index (χ1n) is 5.79. The Morgan fingerprint density at radius 2 is 2.21 bits per heavy atom. The van der Waals surface area contributed by atoms with E-state index in [0.29, 0.717) is 4.88 Å². The van der Waals surface area contributed by atoms with Crippen molar-refractivity contribution in [2.75, 3.05) is 14.2 Å². The normalized spacial score (nSPS) is 10.7. The number of esters is 1. The van der Waals surface area contributed by atoms with Crippen LogP contribution in [0, 0.1) is 0 Å². The summed E-state index contributed by atoms with van der Waals surface area (Å²) in [5.41, 5.74) is 0.926. The minimum Gasteiger partial charge on any atom is -0.465 e. The summed E-state index contributed by atoms with van der Waals surface area (Å²) in [6.07, 6.45) is 5.10. The van der Waals surface area contributed by atoms with Crippen LogP contribution in [0.15, 0.2) is 30.7 Å². The van der Waals surface area contributed by atoms with Crippen LogP contribution in [-0.4, -0.2) is 35.0 Å². The van der Waals surface area contributed by atoms with E-state index in [0.717, 1.165) is 23.7 Å². The number of ether oxygens (including phenoxy) is 1. The number of thiophene rings is 1. The van der Waals surface area contributed by atoms with Crippen LogP contribution in [0.3, 0.4) is 0 Å². The molecule has 0 unspecified atom stereocenters. The number of carbonyl (C=O) groups excluding carboxylic acids is 1. The summed E-state index contributed by atoms with van der Waals surface area (Å²) in [6.45, 7) is 1.48. The first kappa shape index (κ1) is 13.6. The fourth-order valence-electron chi connectivity index (χ4n) is 1.68. The third-order valence-electron chi connectivity index (χ3n) is 2.52. The van der Waals surface area contributed by atoms with Crippen molar-refractivity contribution < 1.29 is 9.53 Å². The molecule has 0 spiro atoms. The molecule has 0 bridgehead atoms. The van der Waals surface area contributed by atoms with Gasteiger partial charge < -0.3 is 4.74 Å². The molecule has 6 heteroatoms. The molecule has 0 aliphatic heterocycles. The fourth-order valence-corrected chi connectivity index (χ4v) is 2.69. The molecule has 2 heterocycles. The van der Waals surface area contributed by atoms with Crippen molar-refractivity contribution in [2.24, 2.45) is 0 Å². The third kappa shape index (κ3) is 3.84. The van der Waals surface area contributed by atoms with Crippen LogP contribution in [0.1, 0.15) is 20.2 Å². The third-order valence-corrected chi connectivity index (χ3v) is 3.57. The minimum atomic E-state index is -0.284. The van der Waals surface area contributed by atoms with E-state index in [2.05, 4.69) is 19.6 Å². The highest BCUT2D eigenvalue weighted by atomic mass is 32.1. The molecule has 0 saturated heterocycles. The van der Waals surface area contributed by atoms with Gasteiger partial charge in [-0.15, -0.1) is 11.3 Å². The van der Waals surface area contributed by atoms with E-state index in [9.17, 15) is 4.79 Å². The van der Waals surface area contributed by atoms with E-state index >= 15 is 0 Å². The Kier molecular flexibility index (Phi) is 4.59. The van der Waals surface area contributed by atoms with Gasteiger partial charge >= 0.3 is 5.97 Å². The predicted molar refractivity (Wildman–Crippen MR) is 72.9 cm³/mol. The van der Waals surface area contributed by atoms with Gasteiger partial charge in [0, 0.05) is 36.6 Å². The standard InChI is InChI=1S/C13H15N3O2S/c1-16(8-10-7-14-5-6-15-10)9-11-3-4-12(19-11)13(17)18-2/h3-7H,8-9H2,1-2H3. The molecule has 0 aromatic carbocycles. The zero-order valence-corrected chi connectivity index (χ0v) is 11.7. The van der Waals surface area contributed by atoms with Crippen molar-refractivity contribution >= 4 is 17.3 Å². The van der Waals surface area contributed by atoms with Gasteiger partial charge in [0.2, 0.25) is 0 Å². The number of aromatic nitrogens is 2. The number of carbonyl (C=O) groups is 1. The lowest BCUT2D eigenvalue weighted by molar-refractivity contribution is 0.0606. The van der Waals surface area contributed by atoms with Gasteiger partial charge in [0.25, 0.3) is 0 Å². The zero-order valence-electron chi connectivity index (χ0n) is 10.9. The second-order valence-corrected chi connectivity index (χ2v) is 5.29. The zero-order chi connectivity index (χ0) is 13.7. The van der Waals surface area contributed by atoms with Crippen LogP contribution in [0.25, 0.3) is 0 Å². The van der Waals surface area contributed by atoms with Gasteiger partial charge in [-0.2, -0.15) is 0 Å². The predicted octanol–water partition coefficient (Wildman–Crippen LogP) is 1.96. The van der Waals surface area contributed by atoms with Gasteiger partial charge in [0.05, 0.1) is 12.8 Å². The molecule has 0 aliphatic carbocycles. The Balaban J connectivity index is 1.94. The number of rotatable bonds is 5. The first-order chi connectivity index (χ1) is 9.19. The largest absolute Gasteiger partial charge is 0.465 e. The molecule has 2 aromatic heterocycles.